The van der Waals surface area contributed by atoms with Crippen molar-refractivity contribution >= 4 is 16.3 Å². The van der Waals surface area contributed by atoms with Gasteiger partial charge in [-0.2, -0.15) is 8.42 Å². The predicted molar refractivity (Wildman–Crippen MR) is 256 cm³/mol. The van der Waals surface area contributed by atoms with Gasteiger partial charge in [0, 0.05) is 6.92 Å². The number of carbonyl (C=O) groups excluding carboxylic acids is 1. The monoisotopic (exact) mass is 1280 g/mol. The molecule has 0 aliphatic carbocycles. The highest BCUT2D eigenvalue weighted by molar-refractivity contribution is 7.80. The zero-order valence-electron chi connectivity index (χ0n) is 44.5. The fourth-order valence-corrected chi connectivity index (χ4v) is 10.6. The zero-order valence-corrected chi connectivity index (χ0v) is 45.3. The molecule has 40 nitrogen and oxygen atoms in total. The second kappa shape index (κ2) is 31.3. The number of nitrogens with one attached hydrogen (secondary N) is 1. The van der Waals surface area contributed by atoms with Gasteiger partial charge in [0.2, 0.25) is 5.91 Å². The van der Waals surface area contributed by atoms with Gasteiger partial charge >= 0.3 is 10.4 Å². The van der Waals surface area contributed by atoms with Crippen LogP contribution in [-0.2, 0) is 76.2 Å². The van der Waals surface area contributed by atoms with E-state index in [9.17, 15) is 130 Å². The number of aliphatic hydroxyl groups is 22. The predicted octanol–water partition coefficient (Wildman–Crippen LogP) is -16.7. The van der Waals surface area contributed by atoms with Crippen LogP contribution in [0.15, 0.2) is 0 Å². The maximum atomic E-state index is 12.6. The Kier molecular flexibility index (Phi) is 26.6. The summed E-state index contributed by atoms with van der Waals surface area (Å²) < 4.78 is 105. The van der Waals surface area contributed by atoms with Crippen LogP contribution in [0.3, 0.4) is 0 Å². The van der Waals surface area contributed by atoms with E-state index < -0.39 is 278 Å². The summed E-state index contributed by atoms with van der Waals surface area (Å²) >= 11 is 0. The van der Waals surface area contributed by atoms with E-state index in [0.29, 0.717) is 0 Å². The molecular formula is C44H77NO39S. The molecule has 0 radical (unpaired) electrons. The van der Waals surface area contributed by atoms with Crippen molar-refractivity contribution in [2.45, 2.75) is 216 Å². The van der Waals surface area contributed by atoms with Gasteiger partial charge in [-0.1, -0.05) is 0 Å². The van der Waals surface area contributed by atoms with Crippen molar-refractivity contribution in [2.24, 2.45) is 0 Å². The Hall–Kier alpha value is -2.02. The molecular weight excluding hydrogens is 1200 g/mol. The van der Waals surface area contributed by atoms with Crippen LogP contribution in [0.25, 0.3) is 0 Å². The number of amides is 1. The topological polar surface area (TPSA) is 649 Å². The minimum absolute atomic E-state index is 0.922. The first-order chi connectivity index (χ1) is 40.0. The Morgan fingerprint density at radius 2 is 0.800 bits per heavy atom. The molecule has 6 aliphatic heterocycles. The molecule has 0 bridgehead atoms. The quantitative estimate of drug-likeness (QED) is 0.0358. The van der Waals surface area contributed by atoms with Crippen molar-refractivity contribution in [1.82, 2.24) is 5.32 Å². The summed E-state index contributed by atoms with van der Waals surface area (Å²) in [5, 5.41) is 238. The lowest BCUT2D eigenvalue weighted by Crippen LogP contribution is -2.69. The van der Waals surface area contributed by atoms with Gasteiger partial charge in [-0.25, -0.2) is 4.18 Å². The Morgan fingerprint density at radius 3 is 1.22 bits per heavy atom. The van der Waals surface area contributed by atoms with E-state index in [1.54, 1.807) is 0 Å². The van der Waals surface area contributed by atoms with E-state index in [1.165, 1.54) is 0 Å². The highest BCUT2D eigenvalue weighted by Crippen LogP contribution is 2.37. The molecule has 0 aromatic heterocycles. The van der Waals surface area contributed by atoms with E-state index in [1.807, 2.05) is 0 Å². The highest BCUT2D eigenvalue weighted by atomic mass is 32.3. The van der Waals surface area contributed by atoms with Gasteiger partial charge in [-0.05, 0) is 0 Å². The third kappa shape index (κ3) is 16.6. The molecule has 0 spiro atoms. The molecule has 0 unspecified atom stereocenters. The standard InChI is InChI=1S/C44H77NO39S/c1-10(53)45-19-26(62)34(80-44-32(68)38(84-85(69,70)71)24(60)16(7-51)76-44)17(8-52)77-39(19)72-9-18-25(61)37(31(67)43(78-18)79-33(12(55)3-47)20(56)11(54)2-46)83-42-30(66)36(23(59)15(6-50)75-42)82-41-29(65)35(22(58)14(5-49)74-41)81-40-28(64)27(63)21(57)13(4-48)73-40/h11-44,46-52,54-68H,2-9H2,1H3,(H,45,53)(H,69,70,71)/t11-,12+,13+,14+,15+,16+,17+,18+,19+,20+,21-,22-,23-,24-,25-,26+,27-,28+,29+,30+,31+,32+,33+,34+,35-,36-,37-,38-,39+,40-,41-,42-,43-,44-/m0/s1. The van der Waals surface area contributed by atoms with Crippen LogP contribution < -0.4 is 5.32 Å². The summed E-state index contributed by atoms with van der Waals surface area (Å²) in [5.41, 5.74) is 0. The third-order valence-corrected chi connectivity index (χ3v) is 15.2. The summed E-state index contributed by atoms with van der Waals surface area (Å²) in [6.45, 7) is -7.93. The molecule has 41 heteroatoms. The molecule has 498 valence electrons. The lowest BCUT2D eigenvalue weighted by Gasteiger charge is -2.49. The van der Waals surface area contributed by atoms with Crippen LogP contribution >= 0.6 is 0 Å². The Bertz CT molecular complexity index is 2150. The van der Waals surface area contributed by atoms with E-state index in [4.69, 9.17) is 56.8 Å². The zero-order chi connectivity index (χ0) is 63.3. The molecule has 6 rings (SSSR count). The molecule has 24 N–H and O–H groups in total. The summed E-state index contributed by atoms with van der Waals surface area (Å²) in [7, 11) is -5.41. The van der Waals surface area contributed by atoms with Gasteiger partial charge in [0.15, 0.2) is 37.7 Å². The first-order valence-corrected chi connectivity index (χ1v) is 27.6. The van der Waals surface area contributed by atoms with Crippen molar-refractivity contribution in [2.75, 3.05) is 52.9 Å². The average molecular weight is 1280 g/mol. The molecule has 6 saturated heterocycles. The molecule has 1 amide bonds. The van der Waals surface area contributed by atoms with Crippen LogP contribution in [0.5, 0.6) is 0 Å². The van der Waals surface area contributed by atoms with E-state index in [0.717, 1.165) is 6.92 Å². The minimum Gasteiger partial charge on any atom is -0.394 e. The lowest BCUT2D eigenvalue weighted by molar-refractivity contribution is -0.394. The fraction of sp³-hybridized carbons (Fsp3) is 0.977. The molecule has 34 atom stereocenters. The van der Waals surface area contributed by atoms with Gasteiger partial charge in [0.25, 0.3) is 0 Å². The molecule has 6 heterocycles. The van der Waals surface area contributed by atoms with Gasteiger partial charge in [0.1, 0.15) is 171 Å². The van der Waals surface area contributed by atoms with Crippen LogP contribution in [-0.4, -0.2) is 393 Å². The van der Waals surface area contributed by atoms with Gasteiger partial charge in [0.05, 0.1) is 52.9 Å². The Labute approximate surface area is 480 Å². The number of hydrogen-bond acceptors (Lipinski definition) is 38. The Morgan fingerprint density at radius 1 is 0.435 bits per heavy atom. The number of hydrogen-bond donors (Lipinski definition) is 24. The van der Waals surface area contributed by atoms with E-state index in [-0.39, 0.29) is 0 Å². The van der Waals surface area contributed by atoms with Crippen molar-refractivity contribution < 1.29 is 191 Å². The van der Waals surface area contributed by atoms with E-state index in [2.05, 4.69) is 9.50 Å². The van der Waals surface area contributed by atoms with Crippen molar-refractivity contribution in [3.63, 3.8) is 0 Å². The SMILES string of the molecule is CC(=O)N[C@H]1[C@H](OC[C@H]2O[C@@H](O[C@@H]([C@H](O)[C@@H](O)CO)[C@H](O)CO)[C@H](O)[C@@H](O[C@@H]3O[C@H](CO)[C@H](O)[C@H](O[C@@H]4O[C@H](CO)[C@H](O)[C@H](O[C@@H]5O[C@H](CO)[C@H](O)[C@H](O)[C@H]5O)[C@H]4O)[C@H]3O)[C@H]2O)O[C@H](CO)[C@@H](O[C@@H]2O[C@H](CO)[C@H](O)[C@H](OS(=O)(=O)O)[C@H]2O)[C@@H]1O. The highest BCUT2D eigenvalue weighted by Gasteiger charge is 2.58. The molecule has 0 aromatic rings. The van der Waals surface area contributed by atoms with Crippen molar-refractivity contribution in [3.05, 3.63) is 0 Å². The van der Waals surface area contributed by atoms with Gasteiger partial charge in [-0.15, -0.1) is 0 Å². The number of rotatable bonds is 26. The van der Waals surface area contributed by atoms with Crippen LogP contribution in [0.2, 0.25) is 0 Å². The smallest absolute Gasteiger partial charge is 0.394 e. The van der Waals surface area contributed by atoms with E-state index >= 15 is 0 Å². The average Bonchev–Trinajstić information content (AvgIpc) is 3.67. The van der Waals surface area contributed by atoms with Crippen molar-refractivity contribution in [1.29, 1.82) is 0 Å². The normalized spacial score (nSPS) is 46.3. The third-order valence-electron chi connectivity index (χ3n) is 14.8. The number of ether oxygens (including phenoxy) is 12. The minimum atomic E-state index is -5.41. The molecule has 6 fully saturated rings. The number of carbonyl (C=O) groups is 1. The summed E-state index contributed by atoms with van der Waals surface area (Å²) in [6, 6.07) is -1.85. The van der Waals surface area contributed by atoms with Crippen LogP contribution in [0.1, 0.15) is 6.92 Å². The molecule has 0 aromatic carbocycles. The molecule has 6 aliphatic rings. The lowest BCUT2D eigenvalue weighted by atomic mass is 9.95. The summed E-state index contributed by atoms with van der Waals surface area (Å²) in [6.07, 6.45) is -69.8. The summed E-state index contributed by atoms with van der Waals surface area (Å²) in [5.74, 6) is -0.922. The second-order valence-corrected chi connectivity index (χ2v) is 21.6. The Balaban J connectivity index is 1.27. The maximum Gasteiger partial charge on any atom is 0.397 e. The first-order valence-electron chi connectivity index (χ1n) is 26.2. The van der Waals surface area contributed by atoms with Gasteiger partial charge < -0.3 is 175 Å². The fourth-order valence-electron chi connectivity index (χ4n) is 10.1. The second-order valence-electron chi connectivity index (χ2n) is 20.6. The number of aliphatic hydroxyl groups excluding tert-OH is 22. The van der Waals surface area contributed by atoms with Crippen molar-refractivity contribution in [3.8, 4) is 0 Å². The van der Waals surface area contributed by atoms with Crippen LogP contribution in [0, 0.1) is 0 Å². The largest absolute Gasteiger partial charge is 0.397 e. The molecule has 85 heavy (non-hydrogen) atoms. The van der Waals surface area contributed by atoms with Crippen LogP contribution in [0.4, 0.5) is 0 Å². The summed E-state index contributed by atoms with van der Waals surface area (Å²) in [4.78, 5) is 12.6. The maximum absolute atomic E-state index is 12.6. The van der Waals surface area contributed by atoms with Gasteiger partial charge in [-0.3, -0.25) is 9.35 Å². The first kappa shape index (κ1) is 72.0. The molecule has 0 saturated carbocycles.